The van der Waals surface area contributed by atoms with Crippen LogP contribution in [0.25, 0.3) is 0 Å². The molecule has 4 N–H and O–H groups in total. The lowest BCUT2D eigenvalue weighted by Gasteiger charge is -2.15. The van der Waals surface area contributed by atoms with E-state index in [0.717, 1.165) is 5.56 Å². The Labute approximate surface area is 123 Å². The molecule has 0 aromatic heterocycles. The van der Waals surface area contributed by atoms with Gasteiger partial charge < -0.3 is 10.8 Å². The summed E-state index contributed by atoms with van der Waals surface area (Å²) in [4.78, 5) is 21.8. The van der Waals surface area contributed by atoms with Gasteiger partial charge in [0.05, 0.1) is 4.90 Å². The number of nitrogens with one attached hydrogen (secondary N) is 1. The second kappa shape index (κ2) is 6.68. The average Bonchev–Trinajstić information content (AvgIpc) is 2.36. The van der Waals surface area contributed by atoms with E-state index in [-0.39, 0.29) is 17.7 Å². The SMILES string of the molecule is Cc1ccc(C)c(S(=O)(=O)N[C@H](CCC(N)=O)C(=O)O)c1. The Balaban J connectivity index is 3.03. The number of carboxylic acids is 1. The number of rotatable bonds is 7. The fourth-order valence-electron chi connectivity index (χ4n) is 1.77. The van der Waals surface area contributed by atoms with Gasteiger partial charge in [0.1, 0.15) is 6.04 Å². The molecular formula is C13H18N2O5S. The van der Waals surface area contributed by atoms with E-state index in [2.05, 4.69) is 4.72 Å². The van der Waals surface area contributed by atoms with E-state index in [1.165, 1.54) is 6.07 Å². The van der Waals surface area contributed by atoms with Crippen molar-refractivity contribution in [3.8, 4) is 0 Å². The molecular weight excluding hydrogens is 296 g/mol. The fraction of sp³-hybridized carbons (Fsp3) is 0.385. The zero-order valence-electron chi connectivity index (χ0n) is 11.8. The van der Waals surface area contributed by atoms with Crippen LogP contribution in [0.1, 0.15) is 24.0 Å². The van der Waals surface area contributed by atoms with Gasteiger partial charge in [-0.1, -0.05) is 12.1 Å². The minimum atomic E-state index is -3.99. The minimum Gasteiger partial charge on any atom is -0.480 e. The Kier molecular flexibility index (Phi) is 5.45. The molecule has 0 heterocycles. The minimum absolute atomic E-state index is 0.0211. The van der Waals surface area contributed by atoms with Gasteiger partial charge in [0.15, 0.2) is 0 Å². The number of primary amides is 1. The maximum atomic E-state index is 12.3. The second-order valence-corrected chi connectivity index (χ2v) is 6.47. The second-order valence-electron chi connectivity index (χ2n) is 4.79. The number of aliphatic carboxylic acids is 1. The quantitative estimate of drug-likeness (QED) is 0.667. The van der Waals surface area contributed by atoms with Gasteiger partial charge in [-0.2, -0.15) is 4.72 Å². The van der Waals surface area contributed by atoms with E-state index in [0.29, 0.717) is 5.56 Å². The van der Waals surface area contributed by atoms with Crippen LogP contribution in [0.3, 0.4) is 0 Å². The first-order chi connectivity index (χ1) is 9.63. The Morgan fingerprint density at radius 3 is 2.48 bits per heavy atom. The number of amides is 1. The third-order valence-corrected chi connectivity index (χ3v) is 4.52. The summed E-state index contributed by atoms with van der Waals surface area (Å²) >= 11 is 0. The molecule has 0 aliphatic carbocycles. The molecule has 0 saturated heterocycles. The molecule has 0 spiro atoms. The number of hydrogen-bond acceptors (Lipinski definition) is 4. The van der Waals surface area contributed by atoms with E-state index in [9.17, 15) is 18.0 Å². The fourth-order valence-corrected chi connectivity index (χ4v) is 3.32. The van der Waals surface area contributed by atoms with Gasteiger partial charge in [0.25, 0.3) is 0 Å². The van der Waals surface area contributed by atoms with Crippen LogP contribution >= 0.6 is 0 Å². The zero-order valence-corrected chi connectivity index (χ0v) is 12.6. The monoisotopic (exact) mass is 314 g/mol. The molecule has 1 atom stereocenters. The van der Waals surface area contributed by atoms with E-state index in [1.54, 1.807) is 26.0 Å². The van der Waals surface area contributed by atoms with Crippen molar-refractivity contribution < 1.29 is 23.1 Å². The highest BCUT2D eigenvalue weighted by Crippen LogP contribution is 2.17. The molecule has 1 aromatic rings. The summed E-state index contributed by atoms with van der Waals surface area (Å²) in [5, 5.41) is 9.04. The van der Waals surface area contributed by atoms with Crippen molar-refractivity contribution in [3.05, 3.63) is 29.3 Å². The van der Waals surface area contributed by atoms with Gasteiger partial charge in [-0.15, -0.1) is 0 Å². The first-order valence-electron chi connectivity index (χ1n) is 6.24. The van der Waals surface area contributed by atoms with Crippen molar-refractivity contribution in [2.75, 3.05) is 0 Å². The molecule has 0 aliphatic rings. The summed E-state index contributed by atoms with van der Waals surface area (Å²) in [5.41, 5.74) is 6.20. The molecule has 0 saturated carbocycles. The lowest BCUT2D eigenvalue weighted by Crippen LogP contribution is -2.41. The Bertz CT molecular complexity index is 655. The smallest absolute Gasteiger partial charge is 0.321 e. The molecule has 116 valence electrons. The highest BCUT2D eigenvalue weighted by Gasteiger charge is 2.26. The van der Waals surface area contributed by atoms with Crippen LogP contribution in [0, 0.1) is 13.8 Å². The molecule has 1 rings (SSSR count). The lowest BCUT2D eigenvalue weighted by atomic mass is 10.2. The molecule has 1 amide bonds. The molecule has 0 bridgehead atoms. The predicted octanol–water partition coefficient (Wildman–Crippen LogP) is 0.300. The third-order valence-electron chi connectivity index (χ3n) is 2.91. The van der Waals surface area contributed by atoms with Crippen molar-refractivity contribution in [2.45, 2.75) is 37.6 Å². The van der Waals surface area contributed by atoms with E-state index in [4.69, 9.17) is 10.8 Å². The average molecular weight is 314 g/mol. The predicted molar refractivity (Wildman–Crippen MR) is 76.1 cm³/mol. The van der Waals surface area contributed by atoms with Crippen molar-refractivity contribution >= 4 is 21.9 Å². The summed E-state index contributed by atoms with van der Waals surface area (Å²) in [6.45, 7) is 3.35. The highest BCUT2D eigenvalue weighted by atomic mass is 32.2. The van der Waals surface area contributed by atoms with Crippen LogP contribution in [0.2, 0.25) is 0 Å². The van der Waals surface area contributed by atoms with Crippen molar-refractivity contribution in [3.63, 3.8) is 0 Å². The maximum Gasteiger partial charge on any atom is 0.321 e. The van der Waals surface area contributed by atoms with Gasteiger partial charge in [-0.05, 0) is 37.5 Å². The van der Waals surface area contributed by atoms with E-state index < -0.39 is 27.9 Å². The first kappa shape index (κ1) is 17.1. The van der Waals surface area contributed by atoms with Crippen molar-refractivity contribution in [1.29, 1.82) is 0 Å². The van der Waals surface area contributed by atoms with E-state index in [1.807, 2.05) is 0 Å². The Morgan fingerprint density at radius 1 is 1.33 bits per heavy atom. The van der Waals surface area contributed by atoms with Gasteiger partial charge >= 0.3 is 5.97 Å². The maximum absolute atomic E-state index is 12.3. The summed E-state index contributed by atoms with van der Waals surface area (Å²) in [5.74, 6) is -2.04. The van der Waals surface area contributed by atoms with Gasteiger partial charge in [-0.25, -0.2) is 8.42 Å². The van der Waals surface area contributed by atoms with Crippen LogP contribution in [0.15, 0.2) is 23.1 Å². The van der Waals surface area contributed by atoms with Gasteiger partial charge in [-0.3, -0.25) is 9.59 Å². The van der Waals surface area contributed by atoms with E-state index >= 15 is 0 Å². The summed E-state index contributed by atoms with van der Waals surface area (Å²) < 4.78 is 26.6. The molecule has 1 aromatic carbocycles. The molecule has 0 unspecified atom stereocenters. The molecule has 0 fully saturated rings. The summed E-state index contributed by atoms with van der Waals surface area (Å²) in [6.07, 6.45) is -0.416. The number of carbonyl (C=O) groups is 2. The Morgan fingerprint density at radius 2 is 1.95 bits per heavy atom. The lowest BCUT2D eigenvalue weighted by molar-refractivity contribution is -0.139. The summed E-state index contributed by atoms with van der Waals surface area (Å²) in [6, 6.07) is 3.46. The molecule has 0 aliphatic heterocycles. The third kappa shape index (κ3) is 4.83. The highest BCUT2D eigenvalue weighted by molar-refractivity contribution is 7.89. The standard InChI is InChI=1S/C13H18N2O5S/c1-8-3-4-9(2)11(7-8)21(19,20)15-10(13(17)18)5-6-12(14)16/h3-4,7,10,15H,5-6H2,1-2H3,(H2,14,16)(H,17,18)/t10-/m1/s1. The summed E-state index contributed by atoms with van der Waals surface area (Å²) in [7, 11) is -3.99. The molecule has 0 radical (unpaired) electrons. The van der Waals surface area contributed by atoms with Gasteiger partial charge in [0.2, 0.25) is 15.9 Å². The van der Waals surface area contributed by atoms with Crippen LogP contribution in [-0.4, -0.2) is 31.4 Å². The number of carbonyl (C=O) groups excluding carboxylic acids is 1. The number of sulfonamides is 1. The first-order valence-corrected chi connectivity index (χ1v) is 7.72. The normalized spacial score (nSPS) is 12.9. The van der Waals surface area contributed by atoms with Gasteiger partial charge in [0, 0.05) is 6.42 Å². The van der Waals surface area contributed by atoms with Crippen molar-refractivity contribution in [2.24, 2.45) is 5.73 Å². The molecule has 8 heteroatoms. The Hall–Kier alpha value is -1.93. The number of aryl methyl sites for hydroxylation is 2. The number of nitrogens with two attached hydrogens (primary N) is 1. The number of hydrogen-bond donors (Lipinski definition) is 3. The topological polar surface area (TPSA) is 127 Å². The number of benzene rings is 1. The van der Waals surface area contributed by atoms with Crippen LogP contribution in [0.5, 0.6) is 0 Å². The number of carboxylic acid groups (broad SMARTS) is 1. The zero-order chi connectivity index (χ0) is 16.2. The molecule has 7 nitrogen and oxygen atoms in total. The van der Waals surface area contributed by atoms with Crippen LogP contribution in [0.4, 0.5) is 0 Å². The van der Waals surface area contributed by atoms with Crippen LogP contribution < -0.4 is 10.5 Å². The van der Waals surface area contributed by atoms with Crippen molar-refractivity contribution in [1.82, 2.24) is 4.72 Å². The van der Waals surface area contributed by atoms with Crippen LogP contribution in [-0.2, 0) is 19.6 Å². The largest absolute Gasteiger partial charge is 0.480 e. The molecule has 21 heavy (non-hydrogen) atoms.